The Labute approximate surface area is 203 Å². The van der Waals surface area contributed by atoms with Crippen LogP contribution < -0.4 is 0 Å². The lowest BCUT2D eigenvalue weighted by Crippen LogP contribution is -2.40. The second-order valence-electron chi connectivity index (χ2n) is 10.9. The summed E-state index contributed by atoms with van der Waals surface area (Å²) in [7, 11) is 0. The molecule has 2 aliphatic heterocycles. The first-order valence-corrected chi connectivity index (χ1v) is 13.9. The SMILES string of the molecule is CC1(C)COC(CCCCC2(c3ccccc3)OCC(C)(C)CS2)(c2ccccc2)SC1. The van der Waals surface area contributed by atoms with Gasteiger partial charge < -0.3 is 9.47 Å². The van der Waals surface area contributed by atoms with Crippen molar-refractivity contribution in [1.29, 1.82) is 0 Å². The maximum absolute atomic E-state index is 6.62. The normalized spacial score (nSPS) is 29.5. The molecule has 2 heterocycles. The molecule has 2 nitrogen and oxygen atoms in total. The van der Waals surface area contributed by atoms with Crippen LogP contribution in [-0.2, 0) is 19.3 Å². The van der Waals surface area contributed by atoms with Gasteiger partial charge >= 0.3 is 0 Å². The Morgan fingerprint density at radius 2 is 1.00 bits per heavy atom. The van der Waals surface area contributed by atoms with Gasteiger partial charge in [-0.1, -0.05) is 88.4 Å². The number of hydrogen-bond acceptors (Lipinski definition) is 4. The third-order valence-corrected chi connectivity index (χ3v) is 10.4. The zero-order valence-electron chi connectivity index (χ0n) is 20.1. The van der Waals surface area contributed by atoms with Gasteiger partial charge in [0.05, 0.1) is 13.2 Å². The Morgan fingerprint density at radius 1 is 0.625 bits per heavy atom. The number of thioether (sulfide) groups is 2. The lowest BCUT2D eigenvalue weighted by molar-refractivity contribution is -0.0412. The fraction of sp³-hybridized carbons (Fsp3) is 0.571. The number of benzene rings is 2. The van der Waals surface area contributed by atoms with Crippen LogP contribution in [0.5, 0.6) is 0 Å². The lowest BCUT2D eigenvalue weighted by atomic mass is 9.94. The van der Waals surface area contributed by atoms with Crippen molar-refractivity contribution in [2.24, 2.45) is 10.8 Å². The van der Waals surface area contributed by atoms with Crippen LogP contribution in [0.25, 0.3) is 0 Å². The molecule has 0 aliphatic carbocycles. The lowest BCUT2D eigenvalue weighted by Gasteiger charge is -2.44. The molecule has 0 aromatic heterocycles. The van der Waals surface area contributed by atoms with Crippen molar-refractivity contribution in [2.75, 3.05) is 24.7 Å². The molecule has 2 unspecified atom stereocenters. The summed E-state index contributed by atoms with van der Waals surface area (Å²) in [5.74, 6) is 2.26. The van der Waals surface area contributed by atoms with Crippen molar-refractivity contribution in [1.82, 2.24) is 0 Å². The van der Waals surface area contributed by atoms with Crippen molar-refractivity contribution in [3.05, 3.63) is 71.8 Å². The van der Waals surface area contributed by atoms with Crippen LogP contribution in [0.3, 0.4) is 0 Å². The number of ether oxygens (including phenoxy) is 2. The van der Waals surface area contributed by atoms with Crippen LogP contribution in [0.4, 0.5) is 0 Å². The van der Waals surface area contributed by atoms with E-state index in [0.29, 0.717) is 0 Å². The minimum absolute atomic E-state index is 0.223. The molecule has 4 heteroatoms. The summed E-state index contributed by atoms with van der Waals surface area (Å²) in [6.07, 6.45) is 4.34. The van der Waals surface area contributed by atoms with Crippen molar-refractivity contribution in [3.8, 4) is 0 Å². The molecule has 2 atom stereocenters. The average Bonchev–Trinajstić information content (AvgIpc) is 2.80. The topological polar surface area (TPSA) is 18.5 Å². The second-order valence-corrected chi connectivity index (χ2v) is 13.4. The number of rotatable bonds is 7. The van der Waals surface area contributed by atoms with Gasteiger partial charge in [-0.15, -0.1) is 23.5 Å². The monoisotopic (exact) mass is 470 g/mol. The molecule has 0 radical (unpaired) electrons. The highest BCUT2D eigenvalue weighted by Gasteiger charge is 2.43. The number of hydrogen-bond donors (Lipinski definition) is 0. The van der Waals surface area contributed by atoms with Gasteiger partial charge in [0, 0.05) is 11.5 Å². The van der Waals surface area contributed by atoms with E-state index >= 15 is 0 Å². The van der Waals surface area contributed by atoms with Gasteiger partial charge in [-0.2, -0.15) is 0 Å². The van der Waals surface area contributed by atoms with Gasteiger partial charge in [-0.25, -0.2) is 0 Å². The molecule has 32 heavy (non-hydrogen) atoms. The van der Waals surface area contributed by atoms with Gasteiger partial charge in [0.1, 0.15) is 9.87 Å². The molecule has 4 rings (SSSR count). The molecule has 0 N–H and O–H groups in total. The Morgan fingerprint density at radius 3 is 1.31 bits per heavy atom. The van der Waals surface area contributed by atoms with E-state index in [1.165, 1.54) is 11.1 Å². The van der Waals surface area contributed by atoms with Gasteiger partial charge in [0.25, 0.3) is 0 Å². The van der Waals surface area contributed by atoms with E-state index in [-0.39, 0.29) is 20.7 Å². The molecule has 2 saturated heterocycles. The molecule has 0 bridgehead atoms. The van der Waals surface area contributed by atoms with E-state index in [4.69, 9.17) is 9.47 Å². The Balaban J connectivity index is 1.44. The summed E-state index contributed by atoms with van der Waals surface area (Å²) in [6, 6.07) is 21.7. The second kappa shape index (κ2) is 9.74. The van der Waals surface area contributed by atoms with Crippen molar-refractivity contribution in [2.45, 2.75) is 63.2 Å². The molecule has 0 saturated carbocycles. The average molecular weight is 471 g/mol. The van der Waals surface area contributed by atoms with Gasteiger partial charge in [0.15, 0.2) is 0 Å². The van der Waals surface area contributed by atoms with Crippen molar-refractivity contribution in [3.63, 3.8) is 0 Å². The third kappa shape index (κ3) is 5.58. The largest absolute Gasteiger partial charge is 0.359 e. The van der Waals surface area contributed by atoms with Crippen LogP contribution in [0.1, 0.15) is 64.5 Å². The van der Waals surface area contributed by atoms with E-state index < -0.39 is 0 Å². The molecule has 0 spiro atoms. The summed E-state index contributed by atoms with van der Waals surface area (Å²) >= 11 is 3.99. The molecule has 0 amide bonds. The third-order valence-electron chi connectivity index (χ3n) is 6.47. The summed E-state index contributed by atoms with van der Waals surface area (Å²) in [5, 5.41) is 0. The summed E-state index contributed by atoms with van der Waals surface area (Å²) in [6.45, 7) is 10.8. The molecule has 174 valence electrons. The minimum atomic E-state index is -0.223. The smallest absolute Gasteiger partial charge is 0.139 e. The highest BCUT2D eigenvalue weighted by molar-refractivity contribution is 8.00. The quantitative estimate of drug-likeness (QED) is 0.384. The Bertz CT molecular complexity index is 770. The highest BCUT2D eigenvalue weighted by Crippen LogP contribution is 2.51. The zero-order chi connectivity index (χ0) is 22.7. The summed E-state index contributed by atoms with van der Waals surface area (Å²) in [4.78, 5) is -0.446. The first kappa shape index (κ1) is 24.2. The maximum atomic E-state index is 6.62. The van der Waals surface area contributed by atoms with Crippen LogP contribution in [0.15, 0.2) is 60.7 Å². The predicted molar refractivity (Wildman–Crippen MR) is 139 cm³/mol. The predicted octanol–water partition coefficient (Wildman–Crippen LogP) is 7.83. The van der Waals surface area contributed by atoms with Crippen LogP contribution in [0.2, 0.25) is 0 Å². The highest BCUT2D eigenvalue weighted by atomic mass is 32.2. The fourth-order valence-electron chi connectivity index (χ4n) is 4.42. The first-order chi connectivity index (χ1) is 15.2. The molecular weight excluding hydrogens is 432 g/mol. The van der Waals surface area contributed by atoms with Gasteiger partial charge in [0.2, 0.25) is 0 Å². The molecule has 2 fully saturated rings. The Hall–Kier alpha value is -0.940. The van der Waals surface area contributed by atoms with Crippen molar-refractivity contribution >= 4 is 23.5 Å². The fourth-order valence-corrected chi connectivity index (χ4v) is 7.31. The van der Waals surface area contributed by atoms with Crippen LogP contribution in [0, 0.1) is 10.8 Å². The van der Waals surface area contributed by atoms with E-state index in [1.54, 1.807) is 0 Å². The van der Waals surface area contributed by atoms with E-state index in [9.17, 15) is 0 Å². The standard InChI is InChI=1S/C28H38O2S2/c1-25(2)19-29-27(31-21-25,23-13-7-5-8-14-23)17-11-12-18-28(24-15-9-6-10-16-24)30-20-26(3,4)22-32-28/h5-10,13-16H,11-12,17-22H2,1-4H3. The van der Waals surface area contributed by atoms with Crippen molar-refractivity contribution < 1.29 is 9.47 Å². The van der Waals surface area contributed by atoms with E-state index in [1.807, 2.05) is 23.5 Å². The van der Waals surface area contributed by atoms with Crippen LogP contribution in [-0.4, -0.2) is 24.7 Å². The summed E-state index contributed by atoms with van der Waals surface area (Å²) in [5.41, 5.74) is 3.09. The van der Waals surface area contributed by atoms with Crippen LogP contribution >= 0.6 is 23.5 Å². The summed E-state index contributed by atoms with van der Waals surface area (Å²) < 4.78 is 13.2. The molecular formula is C28H38O2S2. The molecule has 2 aromatic carbocycles. The van der Waals surface area contributed by atoms with Gasteiger partial charge in [-0.3, -0.25) is 0 Å². The zero-order valence-corrected chi connectivity index (χ0v) is 21.7. The molecule has 2 aliphatic rings. The molecule has 2 aromatic rings. The number of unbranched alkanes of at least 4 members (excludes halogenated alkanes) is 1. The minimum Gasteiger partial charge on any atom is -0.359 e. The van der Waals surface area contributed by atoms with E-state index in [0.717, 1.165) is 50.4 Å². The maximum Gasteiger partial charge on any atom is 0.139 e. The first-order valence-electron chi connectivity index (χ1n) is 11.9. The Kier molecular flexibility index (Phi) is 7.36. The van der Waals surface area contributed by atoms with Gasteiger partial charge in [-0.05, 0) is 47.6 Å². The van der Waals surface area contributed by atoms with E-state index in [2.05, 4.69) is 88.4 Å².